The predicted molar refractivity (Wildman–Crippen MR) is 126 cm³/mol. The van der Waals surface area contributed by atoms with Crippen molar-refractivity contribution in [1.29, 1.82) is 0 Å². The van der Waals surface area contributed by atoms with Gasteiger partial charge in [-0.1, -0.05) is 48.5 Å². The molecule has 33 heavy (non-hydrogen) atoms. The highest BCUT2D eigenvalue weighted by Gasteiger charge is 2.41. The van der Waals surface area contributed by atoms with E-state index in [1.807, 2.05) is 97.1 Å². The minimum absolute atomic E-state index is 0.0989. The summed E-state index contributed by atoms with van der Waals surface area (Å²) in [5, 5.41) is 0. The van der Waals surface area contributed by atoms with Gasteiger partial charge in [0.2, 0.25) is 0 Å². The number of para-hydroxylation sites is 1. The molecular formula is C28H22NO4+. The fourth-order valence-corrected chi connectivity index (χ4v) is 3.79. The number of carbonyl (C=O) groups excluding carboxylic acids is 1. The summed E-state index contributed by atoms with van der Waals surface area (Å²) >= 11 is 0. The van der Waals surface area contributed by atoms with E-state index in [0.717, 1.165) is 16.9 Å². The summed E-state index contributed by atoms with van der Waals surface area (Å²) in [6, 6.07) is 32.3. The van der Waals surface area contributed by atoms with E-state index in [0.29, 0.717) is 35.1 Å². The average Bonchev–Trinajstić information content (AvgIpc) is 3.15. The first kappa shape index (κ1) is 20.5. The number of hydrogen-bond donors (Lipinski definition) is 0. The van der Waals surface area contributed by atoms with Crippen LogP contribution < -0.4 is 9.47 Å². The number of rotatable bonds is 7. The molecule has 0 aromatic heterocycles. The summed E-state index contributed by atoms with van der Waals surface area (Å²) < 4.78 is 13.4. The van der Waals surface area contributed by atoms with Crippen LogP contribution >= 0.6 is 0 Å². The van der Waals surface area contributed by atoms with Crippen LogP contribution in [-0.2, 0) is 11.4 Å². The van der Waals surface area contributed by atoms with Gasteiger partial charge in [0.1, 0.15) is 36.5 Å². The molecule has 162 valence electrons. The zero-order chi connectivity index (χ0) is 22.6. The van der Waals surface area contributed by atoms with Gasteiger partial charge >= 0.3 is 5.71 Å². The molecule has 0 bridgehead atoms. The van der Waals surface area contributed by atoms with Gasteiger partial charge in [0.15, 0.2) is 0 Å². The van der Waals surface area contributed by atoms with Crippen LogP contribution in [-0.4, -0.2) is 23.3 Å². The van der Waals surface area contributed by atoms with E-state index in [1.165, 1.54) is 0 Å². The minimum atomic E-state index is -0.0989. The zero-order valence-corrected chi connectivity index (χ0v) is 18.1. The summed E-state index contributed by atoms with van der Waals surface area (Å²) in [5.74, 6) is 2.01. The minimum Gasteiger partial charge on any atom is -0.489 e. The van der Waals surface area contributed by atoms with Crippen LogP contribution in [0.1, 0.15) is 21.5 Å². The van der Waals surface area contributed by atoms with Crippen LogP contribution in [0, 0.1) is 0 Å². The lowest BCUT2D eigenvalue weighted by atomic mass is 10.0. The highest BCUT2D eigenvalue weighted by Crippen LogP contribution is 2.33. The van der Waals surface area contributed by atoms with Gasteiger partial charge in [0, 0.05) is 4.74 Å². The number of benzene rings is 4. The summed E-state index contributed by atoms with van der Waals surface area (Å²) in [6.07, 6.45) is 0. The molecule has 0 amide bonds. The highest BCUT2D eigenvalue weighted by molar-refractivity contribution is 6.52. The van der Waals surface area contributed by atoms with Crippen LogP contribution in [0.15, 0.2) is 103 Å². The molecule has 4 aromatic carbocycles. The molecule has 4 aromatic rings. The molecule has 1 aliphatic rings. The number of carbonyl (C=O) groups is 1. The number of ketones is 1. The summed E-state index contributed by atoms with van der Waals surface area (Å²) in [7, 11) is 1.55. The second-order valence-electron chi connectivity index (χ2n) is 7.55. The fraction of sp³-hybridized carbons (Fsp3) is 0.0714. The Balaban J connectivity index is 1.40. The summed E-state index contributed by atoms with van der Waals surface area (Å²) in [4.78, 5) is 18.8. The van der Waals surface area contributed by atoms with Crippen molar-refractivity contribution in [1.82, 2.24) is 0 Å². The maximum atomic E-state index is 13.2. The Hall–Kier alpha value is -4.38. The molecule has 0 radical (unpaired) electrons. The molecule has 0 spiro atoms. The monoisotopic (exact) mass is 436 g/mol. The Labute approximate surface area is 192 Å². The molecule has 0 saturated carbocycles. The average molecular weight is 436 g/mol. The van der Waals surface area contributed by atoms with Crippen molar-refractivity contribution in [2.45, 2.75) is 6.61 Å². The molecule has 5 heteroatoms. The Morgan fingerprint density at radius 1 is 0.727 bits per heavy atom. The van der Waals surface area contributed by atoms with Crippen molar-refractivity contribution in [3.8, 4) is 17.2 Å². The van der Waals surface area contributed by atoms with Gasteiger partial charge in [-0.25, -0.2) is 0 Å². The third kappa shape index (κ3) is 4.21. The second kappa shape index (κ2) is 9.01. The normalized spacial score (nSPS) is 12.5. The highest BCUT2D eigenvalue weighted by atomic mass is 16.7. The van der Waals surface area contributed by atoms with Crippen molar-refractivity contribution < 1.29 is 23.8 Å². The van der Waals surface area contributed by atoms with E-state index in [4.69, 9.17) is 14.3 Å². The molecule has 0 N–H and O–H groups in total. The van der Waals surface area contributed by atoms with E-state index in [9.17, 15) is 4.79 Å². The van der Waals surface area contributed by atoms with Gasteiger partial charge in [-0.3, -0.25) is 9.63 Å². The van der Waals surface area contributed by atoms with Gasteiger partial charge in [-0.05, 0) is 54.1 Å². The molecule has 0 fully saturated rings. The van der Waals surface area contributed by atoms with Crippen molar-refractivity contribution in [2.75, 3.05) is 7.11 Å². The maximum Gasteiger partial charge on any atom is 0.313 e. The zero-order valence-electron chi connectivity index (χ0n) is 18.1. The molecule has 0 atom stereocenters. The van der Waals surface area contributed by atoms with Gasteiger partial charge in [-0.2, -0.15) is 0 Å². The number of fused-ring (bicyclic) bond motifs is 1. The molecular weight excluding hydrogens is 414 g/mol. The lowest BCUT2D eigenvalue weighted by Crippen LogP contribution is -2.19. The van der Waals surface area contributed by atoms with Crippen molar-refractivity contribution in [3.05, 3.63) is 120 Å². The van der Waals surface area contributed by atoms with E-state index in [-0.39, 0.29) is 5.78 Å². The van der Waals surface area contributed by atoms with Crippen LogP contribution in [0.3, 0.4) is 0 Å². The molecule has 5 rings (SSSR count). The van der Waals surface area contributed by atoms with Crippen LogP contribution in [0.25, 0.3) is 0 Å². The first-order valence-corrected chi connectivity index (χ1v) is 10.6. The largest absolute Gasteiger partial charge is 0.489 e. The molecule has 0 saturated heterocycles. The van der Waals surface area contributed by atoms with E-state index >= 15 is 0 Å². The molecule has 0 unspecified atom stereocenters. The van der Waals surface area contributed by atoms with Crippen LogP contribution in [0.2, 0.25) is 0 Å². The molecule has 1 aliphatic heterocycles. The Morgan fingerprint density at radius 2 is 1.36 bits per heavy atom. The Kier molecular flexibility index (Phi) is 5.60. The first-order chi connectivity index (χ1) is 16.2. The van der Waals surface area contributed by atoms with Crippen molar-refractivity contribution >= 4 is 17.2 Å². The molecule has 5 nitrogen and oxygen atoms in total. The smallest absolute Gasteiger partial charge is 0.313 e. The third-order valence-corrected chi connectivity index (χ3v) is 5.39. The molecule has 1 heterocycles. The van der Waals surface area contributed by atoms with E-state index in [1.54, 1.807) is 17.9 Å². The van der Waals surface area contributed by atoms with Gasteiger partial charge in [0.05, 0.1) is 11.6 Å². The number of nitrogens with zero attached hydrogens (tertiary/aromatic N) is 1. The number of Topliss-reactive ketones (excluding diaryl/α,β-unsaturated/α-hetero) is 1. The third-order valence-electron chi connectivity index (χ3n) is 5.39. The lowest BCUT2D eigenvalue weighted by molar-refractivity contribution is -0.717. The summed E-state index contributed by atoms with van der Waals surface area (Å²) in [6.45, 7) is 0.444. The van der Waals surface area contributed by atoms with Gasteiger partial charge in [0.25, 0.3) is 11.5 Å². The number of ether oxygens (including phenoxy) is 2. The van der Waals surface area contributed by atoms with Crippen molar-refractivity contribution in [2.24, 2.45) is 0 Å². The van der Waals surface area contributed by atoms with Crippen LogP contribution in [0.5, 0.6) is 17.2 Å². The van der Waals surface area contributed by atoms with E-state index < -0.39 is 0 Å². The summed E-state index contributed by atoms with van der Waals surface area (Å²) in [5.41, 5.74) is 3.50. The predicted octanol–water partition coefficient (Wildman–Crippen LogP) is 5.95. The SMILES string of the molecule is CO[N+]1=C(c2ccc(Oc3ccccc3)cc2)C(=O)c2ccc(OCc3ccccc3)cc21. The van der Waals surface area contributed by atoms with E-state index in [2.05, 4.69) is 0 Å². The van der Waals surface area contributed by atoms with Crippen molar-refractivity contribution in [3.63, 3.8) is 0 Å². The number of hydrogen-bond acceptors (Lipinski definition) is 4. The fourth-order valence-electron chi connectivity index (χ4n) is 3.79. The molecule has 0 aliphatic carbocycles. The second-order valence-corrected chi connectivity index (χ2v) is 7.55. The topological polar surface area (TPSA) is 47.8 Å². The Morgan fingerprint density at radius 3 is 2.06 bits per heavy atom. The standard InChI is InChI=1S/C28H22NO4/c1-31-29-26-18-24(32-19-20-8-4-2-5-9-20)16-17-25(26)28(30)27(29)21-12-14-23(15-13-21)33-22-10-6-3-7-11-22/h2-18H,19H2,1H3/q+1. The quantitative estimate of drug-likeness (QED) is 0.336. The van der Waals surface area contributed by atoms with Crippen LogP contribution in [0.4, 0.5) is 5.69 Å². The van der Waals surface area contributed by atoms with Gasteiger partial charge in [-0.15, -0.1) is 0 Å². The van der Waals surface area contributed by atoms with Gasteiger partial charge < -0.3 is 9.47 Å². The first-order valence-electron chi connectivity index (χ1n) is 10.6. The Bertz CT molecular complexity index is 1310. The maximum absolute atomic E-state index is 13.2. The lowest BCUT2D eigenvalue weighted by Gasteiger charge is -2.06.